The van der Waals surface area contributed by atoms with Crippen molar-refractivity contribution in [1.82, 2.24) is 4.90 Å². The molecule has 2 fully saturated rings. The van der Waals surface area contributed by atoms with Crippen LogP contribution >= 0.6 is 0 Å². The maximum absolute atomic E-state index is 11.5. The Hall–Kier alpha value is -1.55. The minimum atomic E-state index is -0.796. The molecule has 2 aliphatic rings. The van der Waals surface area contributed by atoms with Crippen molar-refractivity contribution in [2.45, 2.75) is 51.2 Å². The van der Waals surface area contributed by atoms with Gasteiger partial charge in [0.05, 0.1) is 19.3 Å². The fourth-order valence-electron chi connectivity index (χ4n) is 4.09. The number of carbonyl (C=O) groups is 1. The summed E-state index contributed by atoms with van der Waals surface area (Å²) < 4.78 is 5.81. The number of amides is 1. The van der Waals surface area contributed by atoms with Crippen LogP contribution in [0.25, 0.3) is 0 Å². The average molecular weight is 303 g/mol. The van der Waals surface area contributed by atoms with E-state index >= 15 is 0 Å². The zero-order valence-electron chi connectivity index (χ0n) is 13.0. The molecule has 1 saturated heterocycles. The molecule has 4 nitrogen and oxygen atoms in total. The molecule has 1 amide bonds. The summed E-state index contributed by atoms with van der Waals surface area (Å²) in [5.74, 6) is 0. The van der Waals surface area contributed by atoms with Crippen molar-refractivity contribution in [3.05, 3.63) is 35.9 Å². The van der Waals surface area contributed by atoms with Gasteiger partial charge in [0.15, 0.2) is 0 Å². The summed E-state index contributed by atoms with van der Waals surface area (Å²) in [6.07, 6.45) is 6.29. The Labute approximate surface area is 132 Å². The molecule has 1 saturated carbocycles. The van der Waals surface area contributed by atoms with E-state index in [1.54, 1.807) is 4.90 Å². The molecule has 1 N–H and O–H groups in total. The SMILES string of the molecule is O=C(O)N1CC2(CCCCC2)C[C@H]1COCc1ccccc1. The van der Waals surface area contributed by atoms with E-state index in [9.17, 15) is 9.90 Å². The minimum Gasteiger partial charge on any atom is -0.465 e. The van der Waals surface area contributed by atoms with Crippen LogP contribution in [0.4, 0.5) is 4.79 Å². The first-order chi connectivity index (χ1) is 10.7. The van der Waals surface area contributed by atoms with Crippen molar-refractivity contribution in [1.29, 1.82) is 0 Å². The van der Waals surface area contributed by atoms with Crippen LogP contribution in [0.1, 0.15) is 44.1 Å². The Morgan fingerprint density at radius 2 is 1.95 bits per heavy atom. The summed E-state index contributed by atoms with van der Waals surface area (Å²) in [6.45, 7) is 1.75. The van der Waals surface area contributed by atoms with Crippen LogP contribution in [0.3, 0.4) is 0 Å². The average Bonchev–Trinajstić information content (AvgIpc) is 2.88. The normalized spacial score (nSPS) is 23.8. The lowest BCUT2D eigenvalue weighted by Crippen LogP contribution is -2.38. The molecular formula is C18H25NO3. The summed E-state index contributed by atoms with van der Waals surface area (Å²) in [7, 11) is 0. The van der Waals surface area contributed by atoms with Gasteiger partial charge in [0.2, 0.25) is 0 Å². The second kappa shape index (κ2) is 6.69. The standard InChI is InChI=1S/C18H25NO3/c20-17(21)19-14-18(9-5-2-6-10-18)11-16(19)13-22-12-15-7-3-1-4-8-15/h1,3-4,7-8,16H,2,5-6,9-14H2,(H,20,21)/t16-/m0/s1. The van der Waals surface area contributed by atoms with Gasteiger partial charge in [-0.15, -0.1) is 0 Å². The van der Waals surface area contributed by atoms with Crippen LogP contribution in [0.2, 0.25) is 0 Å². The third kappa shape index (κ3) is 3.43. The molecule has 1 aromatic rings. The highest BCUT2D eigenvalue weighted by Crippen LogP contribution is 2.46. The van der Waals surface area contributed by atoms with E-state index in [0.717, 1.165) is 12.0 Å². The van der Waals surface area contributed by atoms with Gasteiger partial charge in [-0.05, 0) is 30.2 Å². The number of hydrogen-bond donors (Lipinski definition) is 1. The van der Waals surface area contributed by atoms with Crippen LogP contribution in [0.15, 0.2) is 30.3 Å². The van der Waals surface area contributed by atoms with E-state index in [1.165, 1.54) is 32.1 Å². The highest BCUT2D eigenvalue weighted by atomic mass is 16.5. The first kappa shape index (κ1) is 15.3. The third-order valence-electron chi connectivity index (χ3n) is 5.20. The van der Waals surface area contributed by atoms with Gasteiger partial charge < -0.3 is 14.7 Å². The molecule has 0 radical (unpaired) electrons. The molecular weight excluding hydrogens is 278 g/mol. The van der Waals surface area contributed by atoms with Gasteiger partial charge >= 0.3 is 6.09 Å². The van der Waals surface area contributed by atoms with Crippen LogP contribution in [-0.2, 0) is 11.3 Å². The molecule has 1 aliphatic heterocycles. The number of benzene rings is 1. The maximum atomic E-state index is 11.5. The van der Waals surface area contributed by atoms with E-state index in [-0.39, 0.29) is 11.5 Å². The van der Waals surface area contributed by atoms with Crippen LogP contribution < -0.4 is 0 Å². The van der Waals surface area contributed by atoms with Crippen LogP contribution in [0, 0.1) is 5.41 Å². The lowest BCUT2D eigenvalue weighted by atomic mass is 9.73. The lowest BCUT2D eigenvalue weighted by molar-refractivity contribution is 0.0643. The highest BCUT2D eigenvalue weighted by Gasteiger charge is 2.46. The number of likely N-dealkylation sites (tertiary alicyclic amines) is 1. The zero-order chi connectivity index (χ0) is 15.4. The number of ether oxygens (including phenoxy) is 1. The zero-order valence-corrected chi connectivity index (χ0v) is 13.0. The topological polar surface area (TPSA) is 49.8 Å². The molecule has 1 aliphatic carbocycles. The minimum absolute atomic E-state index is 0.0133. The van der Waals surface area contributed by atoms with E-state index in [0.29, 0.717) is 19.8 Å². The predicted molar refractivity (Wildman–Crippen MR) is 84.8 cm³/mol. The molecule has 4 heteroatoms. The lowest BCUT2D eigenvalue weighted by Gasteiger charge is -2.32. The molecule has 22 heavy (non-hydrogen) atoms. The van der Waals surface area contributed by atoms with Gasteiger partial charge in [-0.1, -0.05) is 49.6 Å². The second-order valence-corrected chi connectivity index (χ2v) is 6.83. The first-order valence-electron chi connectivity index (χ1n) is 8.30. The Morgan fingerprint density at radius 1 is 1.23 bits per heavy atom. The second-order valence-electron chi connectivity index (χ2n) is 6.83. The van der Waals surface area contributed by atoms with Gasteiger partial charge in [-0.2, -0.15) is 0 Å². The highest BCUT2D eigenvalue weighted by molar-refractivity contribution is 5.66. The number of carboxylic acid groups (broad SMARTS) is 1. The molecule has 0 aromatic heterocycles. The Kier molecular flexibility index (Phi) is 4.67. The van der Waals surface area contributed by atoms with Crippen molar-refractivity contribution >= 4 is 6.09 Å². The molecule has 1 atom stereocenters. The van der Waals surface area contributed by atoms with Crippen molar-refractivity contribution in [3.63, 3.8) is 0 Å². The molecule has 120 valence electrons. The Balaban J connectivity index is 1.57. The quantitative estimate of drug-likeness (QED) is 0.917. The van der Waals surface area contributed by atoms with Gasteiger partial charge in [0.25, 0.3) is 0 Å². The molecule has 0 unspecified atom stereocenters. The predicted octanol–water partition coefficient (Wildman–Crippen LogP) is 3.91. The van der Waals surface area contributed by atoms with Crippen molar-refractivity contribution < 1.29 is 14.6 Å². The first-order valence-corrected chi connectivity index (χ1v) is 8.30. The number of rotatable bonds is 4. The largest absolute Gasteiger partial charge is 0.465 e. The van der Waals surface area contributed by atoms with E-state index in [1.807, 2.05) is 30.3 Å². The summed E-state index contributed by atoms with van der Waals surface area (Å²) in [5, 5.41) is 9.48. The summed E-state index contributed by atoms with van der Waals surface area (Å²) in [5.41, 5.74) is 1.35. The smallest absolute Gasteiger partial charge is 0.407 e. The fourth-order valence-corrected chi connectivity index (χ4v) is 4.09. The molecule has 1 aromatic carbocycles. The molecule has 0 bridgehead atoms. The third-order valence-corrected chi connectivity index (χ3v) is 5.20. The monoisotopic (exact) mass is 303 g/mol. The fraction of sp³-hybridized carbons (Fsp3) is 0.611. The van der Waals surface area contributed by atoms with E-state index in [4.69, 9.17) is 4.74 Å². The van der Waals surface area contributed by atoms with Crippen molar-refractivity contribution in [2.24, 2.45) is 5.41 Å². The van der Waals surface area contributed by atoms with E-state index in [2.05, 4.69) is 0 Å². The van der Waals surface area contributed by atoms with Crippen molar-refractivity contribution in [2.75, 3.05) is 13.2 Å². The molecule has 3 rings (SSSR count). The summed E-state index contributed by atoms with van der Waals surface area (Å²) >= 11 is 0. The maximum Gasteiger partial charge on any atom is 0.407 e. The number of hydrogen-bond acceptors (Lipinski definition) is 2. The van der Waals surface area contributed by atoms with Crippen LogP contribution in [-0.4, -0.2) is 35.3 Å². The van der Waals surface area contributed by atoms with Crippen LogP contribution in [0.5, 0.6) is 0 Å². The summed E-state index contributed by atoms with van der Waals surface area (Å²) in [6, 6.07) is 10.1. The molecule has 1 heterocycles. The Morgan fingerprint density at radius 3 is 2.64 bits per heavy atom. The van der Waals surface area contributed by atoms with Gasteiger partial charge in [-0.3, -0.25) is 0 Å². The van der Waals surface area contributed by atoms with Gasteiger partial charge in [0.1, 0.15) is 0 Å². The number of nitrogens with zero attached hydrogens (tertiary/aromatic N) is 1. The summed E-state index contributed by atoms with van der Waals surface area (Å²) in [4.78, 5) is 13.2. The Bertz CT molecular complexity index is 496. The van der Waals surface area contributed by atoms with Gasteiger partial charge in [0, 0.05) is 6.54 Å². The van der Waals surface area contributed by atoms with Gasteiger partial charge in [-0.25, -0.2) is 4.79 Å². The van der Waals surface area contributed by atoms with E-state index < -0.39 is 6.09 Å². The van der Waals surface area contributed by atoms with Crippen molar-refractivity contribution in [3.8, 4) is 0 Å². The molecule has 1 spiro atoms.